The molecular weight excluding hydrogens is 652 g/mol. The molecule has 2 aromatic rings. The van der Waals surface area contributed by atoms with Crippen molar-refractivity contribution in [2.24, 2.45) is 0 Å². The highest BCUT2D eigenvalue weighted by molar-refractivity contribution is 8.00. The summed E-state index contributed by atoms with van der Waals surface area (Å²) in [5.74, 6) is -3.88. The Balaban J connectivity index is 1.21. The highest BCUT2D eigenvalue weighted by Gasteiger charge is 2.48. The zero-order chi connectivity index (χ0) is 33.7. The Kier molecular flexibility index (Phi) is 12.0. The van der Waals surface area contributed by atoms with Gasteiger partial charge in [0, 0.05) is 34.0 Å². The van der Waals surface area contributed by atoms with E-state index in [-0.39, 0.29) is 12.8 Å². The monoisotopic (exact) mass is 684 g/mol. The number of rotatable bonds is 11. The molecule has 2 heterocycles. The van der Waals surface area contributed by atoms with Gasteiger partial charge in [0.15, 0.2) is 12.2 Å². The highest BCUT2D eigenvalue weighted by atomic mass is 32.2. The van der Waals surface area contributed by atoms with Crippen molar-refractivity contribution in [3.63, 3.8) is 0 Å². The third-order valence-corrected chi connectivity index (χ3v) is 9.32. The topological polar surface area (TPSA) is 273 Å². The second-order valence-electron chi connectivity index (χ2n) is 10.4. The molecule has 2 aliphatic heterocycles. The molecular formula is C28H32N2O14S2. The van der Waals surface area contributed by atoms with Crippen LogP contribution in [0.4, 0.5) is 11.4 Å². The number of anilines is 2. The number of hydrogen-bond donors (Lipinski definition) is 10. The zero-order valence-electron chi connectivity index (χ0n) is 23.7. The maximum absolute atomic E-state index is 12.4. The van der Waals surface area contributed by atoms with Crippen molar-refractivity contribution in [1.82, 2.24) is 0 Å². The summed E-state index contributed by atoms with van der Waals surface area (Å²) in [6, 6.07) is 12.4. The SMILES string of the molecule is O=C(CCC(=O)Nc1ccc(S[C@@H]2O[C@H](C(=O)O)[C@@H](O)[C@H](O)[C@H]2O)cc1)Nc1ccc(S[C@@H]2O[C@H](C(=O)O)[C@@H](O)[C@H](O)[C@H]2O)cc1. The largest absolute Gasteiger partial charge is 0.479 e. The van der Waals surface area contributed by atoms with Crippen LogP contribution in [0.1, 0.15) is 12.8 Å². The Morgan fingerprint density at radius 1 is 0.543 bits per heavy atom. The number of hydrogen-bond acceptors (Lipinski definition) is 14. The molecule has 2 aliphatic rings. The standard InChI is InChI=1S/C28H32N2O14S2/c31-15(29-11-1-5-13(6-2-11)45-27-21(37)17(33)19(35)23(43-27)25(39)40)9-10-16(32)30-12-3-7-14(8-4-12)46-28-22(38)18(34)20(36)24(44-28)26(41)42/h1-8,17-24,27-28,33-38H,9-10H2,(H,29,31)(H,30,32)(H,39,40)(H,41,42)/t17-,18-,19-,20-,21+,22+,23-,24-,27-,28-/m0/s1. The van der Waals surface area contributed by atoms with Gasteiger partial charge in [-0.1, -0.05) is 23.5 Å². The predicted octanol–water partition coefficient (Wildman–Crippen LogP) is -0.987. The maximum atomic E-state index is 12.4. The van der Waals surface area contributed by atoms with Crippen LogP contribution in [-0.2, 0) is 28.7 Å². The second-order valence-corrected chi connectivity index (χ2v) is 12.7. The van der Waals surface area contributed by atoms with Crippen molar-refractivity contribution in [2.45, 2.75) is 82.3 Å². The lowest BCUT2D eigenvalue weighted by molar-refractivity contribution is -0.209. The van der Waals surface area contributed by atoms with Gasteiger partial charge in [-0.25, -0.2) is 9.59 Å². The fourth-order valence-corrected chi connectivity index (χ4v) is 6.55. The molecule has 2 fully saturated rings. The van der Waals surface area contributed by atoms with Crippen molar-refractivity contribution < 1.29 is 69.5 Å². The van der Waals surface area contributed by atoms with Gasteiger partial charge >= 0.3 is 11.9 Å². The lowest BCUT2D eigenvalue weighted by atomic mass is 10.0. The molecule has 0 aromatic heterocycles. The molecule has 0 radical (unpaired) electrons. The van der Waals surface area contributed by atoms with Gasteiger partial charge in [0.1, 0.15) is 47.5 Å². The van der Waals surface area contributed by atoms with E-state index in [0.29, 0.717) is 21.2 Å². The van der Waals surface area contributed by atoms with Crippen molar-refractivity contribution in [3.05, 3.63) is 48.5 Å². The van der Waals surface area contributed by atoms with Gasteiger partial charge in [0.05, 0.1) is 0 Å². The molecule has 2 saturated heterocycles. The summed E-state index contributed by atoms with van der Waals surface area (Å²) >= 11 is 1.84. The van der Waals surface area contributed by atoms with Gasteiger partial charge in [-0.3, -0.25) is 9.59 Å². The van der Waals surface area contributed by atoms with Gasteiger partial charge in [0.2, 0.25) is 11.8 Å². The summed E-state index contributed by atoms with van der Waals surface area (Å²) in [4.78, 5) is 48.4. The fraction of sp³-hybridized carbons (Fsp3) is 0.429. The Morgan fingerprint density at radius 2 is 0.870 bits per heavy atom. The molecule has 2 amide bonds. The summed E-state index contributed by atoms with van der Waals surface area (Å²) in [5.41, 5.74) is -1.56. The Hall–Kier alpha value is -3.30. The molecule has 2 aromatic carbocycles. The fourth-order valence-electron chi connectivity index (χ4n) is 4.47. The van der Waals surface area contributed by atoms with Crippen molar-refractivity contribution >= 4 is 58.7 Å². The van der Waals surface area contributed by atoms with Crippen LogP contribution in [0, 0.1) is 0 Å². The third kappa shape index (κ3) is 8.73. The first-order valence-electron chi connectivity index (χ1n) is 13.7. The minimum Gasteiger partial charge on any atom is -0.479 e. The number of carboxylic acids is 2. The highest BCUT2D eigenvalue weighted by Crippen LogP contribution is 2.35. The molecule has 10 N–H and O–H groups in total. The number of aliphatic hydroxyl groups is 6. The average molecular weight is 685 g/mol. The van der Waals surface area contributed by atoms with E-state index in [1.807, 2.05) is 0 Å². The van der Waals surface area contributed by atoms with Crippen LogP contribution in [0.5, 0.6) is 0 Å². The number of aliphatic carboxylic acids is 2. The van der Waals surface area contributed by atoms with E-state index in [4.69, 9.17) is 9.47 Å². The lowest BCUT2D eigenvalue weighted by Crippen LogP contribution is -2.58. The number of aliphatic hydroxyl groups excluding tert-OH is 6. The predicted molar refractivity (Wildman–Crippen MR) is 160 cm³/mol. The van der Waals surface area contributed by atoms with E-state index in [1.54, 1.807) is 24.3 Å². The molecule has 16 nitrogen and oxygen atoms in total. The smallest absolute Gasteiger partial charge is 0.335 e. The lowest BCUT2D eigenvalue weighted by Gasteiger charge is -2.38. The molecule has 0 spiro atoms. The summed E-state index contributed by atoms with van der Waals surface area (Å²) in [5, 5.41) is 83.5. The first-order chi connectivity index (χ1) is 21.7. The quantitative estimate of drug-likeness (QED) is 0.136. The van der Waals surface area contributed by atoms with E-state index in [9.17, 15) is 60.0 Å². The van der Waals surface area contributed by atoms with Crippen molar-refractivity contribution in [3.8, 4) is 0 Å². The first kappa shape index (κ1) is 35.6. The molecule has 10 atom stereocenters. The summed E-state index contributed by atoms with van der Waals surface area (Å²) in [6.45, 7) is 0. The van der Waals surface area contributed by atoms with Crippen LogP contribution in [0.25, 0.3) is 0 Å². The van der Waals surface area contributed by atoms with Gasteiger partial charge < -0.3 is 61.0 Å². The van der Waals surface area contributed by atoms with E-state index < -0.39 is 83.5 Å². The van der Waals surface area contributed by atoms with Crippen molar-refractivity contribution in [1.29, 1.82) is 0 Å². The second kappa shape index (κ2) is 15.5. The van der Waals surface area contributed by atoms with E-state index in [0.717, 1.165) is 23.5 Å². The number of nitrogens with one attached hydrogen (secondary N) is 2. The van der Waals surface area contributed by atoms with E-state index >= 15 is 0 Å². The summed E-state index contributed by atoms with van der Waals surface area (Å²) < 4.78 is 10.5. The van der Waals surface area contributed by atoms with Crippen LogP contribution in [0.15, 0.2) is 58.3 Å². The third-order valence-electron chi connectivity index (χ3n) is 6.99. The minimum atomic E-state index is -1.79. The van der Waals surface area contributed by atoms with E-state index in [2.05, 4.69) is 10.6 Å². The average Bonchev–Trinajstić information content (AvgIpc) is 3.02. The number of carbonyl (C=O) groups is 4. The van der Waals surface area contributed by atoms with Crippen LogP contribution in [0.3, 0.4) is 0 Å². The number of carbonyl (C=O) groups excluding carboxylic acids is 2. The molecule has 0 aliphatic carbocycles. The number of ether oxygens (including phenoxy) is 2. The van der Waals surface area contributed by atoms with E-state index in [1.165, 1.54) is 24.3 Å². The van der Waals surface area contributed by atoms with Gasteiger partial charge in [-0.05, 0) is 48.5 Å². The molecule has 46 heavy (non-hydrogen) atoms. The number of thioether (sulfide) groups is 2. The van der Waals surface area contributed by atoms with Crippen LogP contribution in [-0.4, -0.2) is 124 Å². The van der Waals surface area contributed by atoms with Crippen LogP contribution >= 0.6 is 23.5 Å². The number of amides is 2. The number of benzene rings is 2. The molecule has 0 bridgehead atoms. The molecule has 250 valence electrons. The van der Waals surface area contributed by atoms with Gasteiger partial charge in [-0.2, -0.15) is 0 Å². The molecule has 0 unspecified atom stereocenters. The Labute approximate surface area is 269 Å². The first-order valence-corrected chi connectivity index (χ1v) is 15.5. The van der Waals surface area contributed by atoms with Crippen molar-refractivity contribution in [2.75, 3.05) is 10.6 Å². The maximum Gasteiger partial charge on any atom is 0.335 e. The molecule has 0 saturated carbocycles. The normalized spacial score (nSPS) is 31.1. The van der Waals surface area contributed by atoms with Crippen LogP contribution in [0.2, 0.25) is 0 Å². The Morgan fingerprint density at radius 3 is 1.17 bits per heavy atom. The zero-order valence-corrected chi connectivity index (χ0v) is 25.3. The van der Waals surface area contributed by atoms with Gasteiger partial charge in [-0.15, -0.1) is 0 Å². The van der Waals surface area contributed by atoms with Crippen LogP contribution < -0.4 is 10.6 Å². The minimum absolute atomic E-state index is 0.148. The summed E-state index contributed by atoms with van der Waals surface area (Å²) in [6.07, 6.45) is -13.9. The van der Waals surface area contributed by atoms with Gasteiger partial charge in [0.25, 0.3) is 0 Å². The molecule has 4 rings (SSSR count). The number of carboxylic acid groups (broad SMARTS) is 2. The molecule has 18 heteroatoms. The Bertz CT molecular complexity index is 1290. The summed E-state index contributed by atoms with van der Waals surface area (Å²) in [7, 11) is 0.